The van der Waals surface area contributed by atoms with E-state index in [2.05, 4.69) is 20.5 Å². The van der Waals surface area contributed by atoms with Crippen molar-refractivity contribution < 1.29 is 22.4 Å². The second-order valence-electron chi connectivity index (χ2n) is 7.58. The summed E-state index contributed by atoms with van der Waals surface area (Å²) in [6.07, 6.45) is -0.316. The molecule has 10 heteroatoms. The van der Waals surface area contributed by atoms with E-state index in [4.69, 9.17) is 0 Å². The van der Waals surface area contributed by atoms with Gasteiger partial charge in [-0.25, -0.2) is 9.07 Å². The van der Waals surface area contributed by atoms with Crippen LogP contribution >= 0.6 is 0 Å². The van der Waals surface area contributed by atoms with Crippen LogP contribution in [0.2, 0.25) is 0 Å². The molecule has 168 valence electrons. The van der Waals surface area contributed by atoms with E-state index in [9.17, 15) is 22.4 Å². The van der Waals surface area contributed by atoms with Crippen molar-refractivity contribution in [3.63, 3.8) is 0 Å². The molecule has 1 N–H and O–H groups in total. The van der Waals surface area contributed by atoms with Crippen LogP contribution in [0, 0.1) is 5.82 Å². The minimum Gasteiger partial charge on any atom is -0.372 e. The zero-order valence-electron chi connectivity index (χ0n) is 17.1. The number of alkyl halides is 3. The average molecular weight is 447 g/mol. The monoisotopic (exact) mass is 447 g/mol. The largest absolute Gasteiger partial charge is 0.435 e. The van der Waals surface area contributed by atoms with Crippen molar-refractivity contribution in [1.29, 1.82) is 0 Å². The number of nitrogens with zero attached hydrogens (tertiary/aromatic N) is 4. The van der Waals surface area contributed by atoms with E-state index in [0.29, 0.717) is 10.4 Å². The molecule has 0 unspecified atom stereocenters. The van der Waals surface area contributed by atoms with Gasteiger partial charge in [0.05, 0.1) is 5.69 Å². The van der Waals surface area contributed by atoms with Crippen LogP contribution in [0.15, 0.2) is 48.5 Å². The van der Waals surface area contributed by atoms with Gasteiger partial charge >= 0.3 is 6.18 Å². The fourth-order valence-electron chi connectivity index (χ4n) is 3.75. The highest BCUT2D eigenvalue weighted by molar-refractivity contribution is 6.03. The molecule has 32 heavy (non-hydrogen) atoms. The van der Waals surface area contributed by atoms with E-state index in [-0.39, 0.29) is 5.69 Å². The van der Waals surface area contributed by atoms with Crippen LogP contribution in [0.5, 0.6) is 0 Å². The van der Waals surface area contributed by atoms with Crippen LogP contribution in [0.1, 0.15) is 41.9 Å². The molecule has 1 amide bonds. The van der Waals surface area contributed by atoms with Crippen molar-refractivity contribution in [2.75, 3.05) is 23.3 Å². The first-order valence-corrected chi connectivity index (χ1v) is 10.3. The molecule has 2 heterocycles. The van der Waals surface area contributed by atoms with Crippen LogP contribution in [0.25, 0.3) is 5.69 Å². The van der Waals surface area contributed by atoms with Gasteiger partial charge in [0.25, 0.3) is 5.91 Å². The fourth-order valence-corrected chi connectivity index (χ4v) is 3.75. The number of benzene rings is 2. The number of aromatic nitrogens is 3. The molecule has 0 radical (unpaired) electrons. The minimum absolute atomic E-state index is 0.189. The maximum Gasteiger partial charge on any atom is 0.435 e. The molecular formula is C22H21F4N5O. The van der Waals surface area contributed by atoms with Gasteiger partial charge in [0.1, 0.15) is 5.82 Å². The maximum atomic E-state index is 13.7. The smallest absolute Gasteiger partial charge is 0.372 e. The molecule has 1 aromatic heterocycles. The normalized spacial score (nSPS) is 14.8. The van der Waals surface area contributed by atoms with Gasteiger partial charge in [0.15, 0.2) is 11.4 Å². The molecule has 3 aromatic rings. The molecule has 0 atom stereocenters. The summed E-state index contributed by atoms with van der Waals surface area (Å²) in [4.78, 5) is 14.9. The number of carbonyl (C=O) groups is 1. The number of nitrogens with one attached hydrogen (secondary N) is 1. The third-order valence-electron chi connectivity index (χ3n) is 5.30. The van der Waals surface area contributed by atoms with Gasteiger partial charge in [-0.2, -0.15) is 13.2 Å². The standard InChI is InChI=1S/C22H21F4N5O/c23-15-6-5-7-18(14-15)31-20(22(24,25)26)19(28-29-31)21(32)27-16-8-10-17(11-9-16)30-12-3-1-2-4-13-30/h5-11,14H,1-4,12-13H2,(H,27,32). The summed E-state index contributed by atoms with van der Waals surface area (Å²) in [5.41, 5.74) is -1.12. The Morgan fingerprint density at radius 1 is 0.938 bits per heavy atom. The lowest BCUT2D eigenvalue weighted by Crippen LogP contribution is -2.24. The highest BCUT2D eigenvalue weighted by atomic mass is 19.4. The lowest BCUT2D eigenvalue weighted by atomic mass is 10.2. The first-order chi connectivity index (χ1) is 15.3. The molecule has 0 aliphatic carbocycles. The molecular weight excluding hydrogens is 426 g/mol. The third-order valence-corrected chi connectivity index (χ3v) is 5.30. The number of rotatable bonds is 4. The summed E-state index contributed by atoms with van der Waals surface area (Å²) in [5.74, 6) is -1.79. The Labute approximate surface area is 181 Å². The SMILES string of the molecule is O=C(Nc1ccc(N2CCCCCC2)cc1)c1nnn(-c2cccc(F)c2)c1C(F)(F)F. The zero-order valence-corrected chi connectivity index (χ0v) is 17.1. The number of halogens is 4. The van der Waals surface area contributed by atoms with Crippen LogP contribution in [0.4, 0.5) is 28.9 Å². The van der Waals surface area contributed by atoms with E-state index in [1.165, 1.54) is 25.0 Å². The van der Waals surface area contributed by atoms with Gasteiger partial charge in [-0.3, -0.25) is 4.79 Å². The fraction of sp³-hybridized carbons (Fsp3) is 0.318. The highest BCUT2D eigenvalue weighted by Gasteiger charge is 2.42. The maximum absolute atomic E-state index is 13.7. The summed E-state index contributed by atoms with van der Waals surface area (Å²) >= 11 is 0. The Balaban J connectivity index is 1.57. The second kappa shape index (κ2) is 8.97. The Hall–Kier alpha value is -3.43. The molecule has 2 aromatic carbocycles. The van der Waals surface area contributed by atoms with Gasteiger partial charge in [0, 0.05) is 24.5 Å². The van der Waals surface area contributed by atoms with Crippen molar-refractivity contribution >= 4 is 17.3 Å². The van der Waals surface area contributed by atoms with E-state index in [1.807, 2.05) is 12.1 Å². The van der Waals surface area contributed by atoms with Crippen molar-refractivity contribution in [3.8, 4) is 5.69 Å². The molecule has 1 aliphatic heterocycles. The van der Waals surface area contributed by atoms with Crippen LogP contribution in [-0.4, -0.2) is 34.0 Å². The van der Waals surface area contributed by atoms with Crippen molar-refractivity contribution in [2.24, 2.45) is 0 Å². The van der Waals surface area contributed by atoms with E-state index in [0.717, 1.165) is 43.8 Å². The quantitative estimate of drug-likeness (QED) is 0.568. The molecule has 0 bridgehead atoms. The van der Waals surface area contributed by atoms with E-state index in [1.54, 1.807) is 12.1 Å². The summed E-state index contributed by atoms with van der Waals surface area (Å²) in [5, 5.41) is 9.33. The van der Waals surface area contributed by atoms with Crippen LogP contribution in [0.3, 0.4) is 0 Å². The van der Waals surface area contributed by atoms with Gasteiger partial charge in [-0.1, -0.05) is 24.1 Å². The Morgan fingerprint density at radius 2 is 1.62 bits per heavy atom. The Bertz CT molecular complexity index is 1090. The summed E-state index contributed by atoms with van der Waals surface area (Å²) in [7, 11) is 0. The molecule has 1 saturated heterocycles. The predicted octanol–water partition coefficient (Wildman–Crippen LogP) is 5.06. The van der Waals surface area contributed by atoms with Crippen LogP contribution in [-0.2, 0) is 6.18 Å². The van der Waals surface area contributed by atoms with Gasteiger partial charge < -0.3 is 10.2 Å². The van der Waals surface area contributed by atoms with Gasteiger partial charge in [0.2, 0.25) is 0 Å². The lowest BCUT2D eigenvalue weighted by Gasteiger charge is -2.22. The highest BCUT2D eigenvalue weighted by Crippen LogP contribution is 2.33. The molecule has 0 spiro atoms. The second-order valence-corrected chi connectivity index (χ2v) is 7.58. The summed E-state index contributed by atoms with van der Waals surface area (Å²) < 4.78 is 55.1. The number of hydrogen-bond acceptors (Lipinski definition) is 4. The van der Waals surface area contributed by atoms with Gasteiger partial charge in [-0.05, 0) is 55.3 Å². The number of amides is 1. The molecule has 6 nitrogen and oxygen atoms in total. The average Bonchev–Trinajstić information content (AvgIpc) is 3.05. The van der Waals surface area contributed by atoms with Crippen molar-refractivity contribution in [3.05, 3.63) is 65.7 Å². The topological polar surface area (TPSA) is 63.1 Å². The molecule has 0 saturated carbocycles. The minimum atomic E-state index is -4.93. The zero-order chi connectivity index (χ0) is 22.7. The first-order valence-electron chi connectivity index (χ1n) is 10.3. The van der Waals surface area contributed by atoms with Crippen LogP contribution < -0.4 is 10.2 Å². The van der Waals surface area contributed by atoms with Gasteiger partial charge in [-0.15, -0.1) is 5.10 Å². The first kappa shape index (κ1) is 21.8. The van der Waals surface area contributed by atoms with Crippen molar-refractivity contribution in [1.82, 2.24) is 15.0 Å². The molecule has 1 aliphatic rings. The predicted molar refractivity (Wildman–Crippen MR) is 111 cm³/mol. The van der Waals surface area contributed by atoms with E-state index >= 15 is 0 Å². The third kappa shape index (κ3) is 4.74. The number of carbonyl (C=O) groups excluding carboxylic acids is 1. The lowest BCUT2D eigenvalue weighted by molar-refractivity contribution is -0.143. The number of anilines is 2. The van der Waals surface area contributed by atoms with Crippen molar-refractivity contribution in [2.45, 2.75) is 31.9 Å². The number of hydrogen-bond donors (Lipinski definition) is 1. The van der Waals surface area contributed by atoms with E-state index < -0.39 is 29.3 Å². The molecule has 4 rings (SSSR count). The summed E-state index contributed by atoms with van der Waals surface area (Å²) in [6, 6.07) is 11.4. The Kier molecular flexibility index (Phi) is 6.11. The summed E-state index contributed by atoms with van der Waals surface area (Å²) in [6.45, 7) is 1.90. The molecule has 1 fully saturated rings. The Morgan fingerprint density at radius 3 is 2.25 bits per heavy atom.